The molecule has 0 fully saturated rings. The summed E-state index contributed by atoms with van der Waals surface area (Å²) in [5.41, 5.74) is 8.63. The van der Waals surface area contributed by atoms with E-state index in [-0.39, 0.29) is 11.9 Å². The van der Waals surface area contributed by atoms with Crippen LogP contribution in [0.15, 0.2) is 28.9 Å². The molecule has 0 saturated heterocycles. The number of benzene rings is 1. The van der Waals surface area contributed by atoms with E-state index in [2.05, 4.69) is 21.0 Å². The van der Waals surface area contributed by atoms with Crippen LogP contribution in [0.4, 0.5) is 4.39 Å². The molecule has 1 heterocycles. The van der Waals surface area contributed by atoms with Crippen molar-refractivity contribution in [3.8, 4) is 0 Å². The van der Waals surface area contributed by atoms with E-state index in [1.165, 1.54) is 6.07 Å². The fourth-order valence-electron chi connectivity index (χ4n) is 1.95. The van der Waals surface area contributed by atoms with Crippen LogP contribution in [0.5, 0.6) is 0 Å². The number of rotatable bonds is 3. The Morgan fingerprint density at radius 1 is 1.50 bits per heavy atom. The summed E-state index contributed by atoms with van der Waals surface area (Å²) in [6, 6.07) is 4.62. The van der Waals surface area contributed by atoms with Crippen LogP contribution in [0.25, 0.3) is 0 Å². The largest absolute Gasteiger partial charge is 0.319 e. The molecule has 18 heavy (non-hydrogen) atoms. The van der Waals surface area contributed by atoms with Gasteiger partial charge < -0.3 is 5.73 Å². The third-order valence-corrected chi connectivity index (χ3v) is 3.58. The van der Waals surface area contributed by atoms with Gasteiger partial charge in [0, 0.05) is 6.54 Å². The molecule has 1 atom stereocenters. The third-order valence-electron chi connectivity index (χ3n) is 2.97. The predicted octanol–water partition coefficient (Wildman–Crippen LogP) is 3.16. The van der Waals surface area contributed by atoms with Crippen molar-refractivity contribution in [2.45, 2.75) is 26.4 Å². The Labute approximate surface area is 114 Å². The second-order valence-corrected chi connectivity index (χ2v) is 5.03. The average Bonchev–Trinajstić information content (AvgIpc) is 2.73. The number of hydrogen-bond donors (Lipinski definition) is 1. The summed E-state index contributed by atoms with van der Waals surface area (Å²) in [6.07, 6.45) is 1.73. The quantitative estimate of drug-likeness (QED) is 0.946. The van der Waals surface area contributed by atoms with Crippen LogP contribution < -0.4 is 5.73 Å². The highest BCUT2D eigenvalue weighted by Gasteiger charge is 2.18. The highest BCUT2D eigenvalue weighted by molar-refractivity contribution is 9.10. The maximum Gasteiger partial charge on any atom is 0.126 e. The van der Waals surface area contributed by atoms with Gasteiger partial charge in [0.25, 0.3) is 0 Å². The second kappa shape index (κ2) is 5.20. The average molecular weight is 312 g/mol. The van der Waals surface area contributed by atoms with Gasteiger partial charge in [0.2, 0.25) is 0 Å². The molecular weight excluding hydrogens is 297 g/mol. The molecule has 1 aromatic heterocycles. The topological polar surface area (TPSA) is 43.8 Å². The molecule has 1 unspecified atom stereocenters. The summed E-state index contributed by atoms with van der Waals surface area (Å²) in [5, 5.41) is 4.24. The SMILES string of the molecule is CCn1ncc(Br)c1C(N)c1ccc(F)c(C)c1. The zero-order valence-corrected chi connectivity index (χ0v) is 11.9. The maximum absolute atomic E-state index is 13.3. The fraction of sp³-hybridized carbons (Fsp3) is 0.308. The molecule has 3 nitrogen and oxygen atoms in total. The molecular formula is C13H15BrFN3. The summed E-state index contributed by atoms with van der Waals surface area (Å²) < 4.78 is 16.0. The van der Waals surface area contributed by atoms with Crippen molar-refractivity contribution in [3.05, 3.63) is 51.5 Å². The lowest BCUT2D eigenvalue weighted by Crippen LogP contribution is -2.18. The van der Waals surface area contributed by atoms with Gasteiger partial charge in [-0.15, -0.1) is 0 Å². The van der Waals surface area contributed by atoms with Crippen LogP contribution in [0, 0.1) is 12.7 Å². The summed E-state index contributed by atoms with van der Waals surface area (Å²) in [6.45, 7) is 4.48. The van der Waals surface area contributed by atoms with Crippen molar-refractivity contribution < 1.29 is 4.39 Å². The van der Waals surface area contributed by atoms with Crippen LogP contribution in [0.3, 0.4) is 0 Å². The van der Waals surface area contributed by atoms with Crippen LogP contribution in [-0.4, -0.2) is 9.78 Å². The molecule has 0 aliphatic rings. The lowest BCUT2D eigenvalue weighted by molar-refractivity contribution is 0.595. The Balaban J connectivity index is 2.44. The minimum Gasteiger partial charge on any atom is -0.319 e. The normalized spacial score (nSPS) is 12.7. The summed E-state index contributed by atoms with van der Waals surface area (Å²) in [7, 11) is 0. The summed E-state index contributed by atoms with van der Waals surface area (Å²) in [5.74, 6) is -0.214. The lowest BCUT2D eigenvalue weighted by atomic mass is 10.0. The first kappa shape index (κ1) is 13.2. The number of aromatic nitrogens is 2. The molecule has 2 aromatic rings. The molecule has 1 aromatic carbocycles. The lowest BCUT2D eigenvalue weighted by Gasteiger charge is -2.15. The second-order valence-electron chi connectivity index (χ2n) is 4.18. The molecule has 2 N–H and O–H groups in total. The van der Waals surface area contributed by atoms with Crippen molar-refractivity contribution in [1.82, 2.24) is 9.78 Å². The molecule has 2 rings (SSSR count). The summed E-state index contributed by atoms with van der Waals surface area (Å²) in [4.78, 5) is 0. The van der Waals surface area contributed by atoms with Gasteiger partial charge in [0.15, 0.2) is 0 Å². The smallest absolute Gasteiger partial charge is 0.126 e. The van der Waals surface area contributed by atoms with Gasteiger partial charge in [-0.25, -0.2) is 4.39 Å². The van der Waals surface area contributed by atoms with E-state index in [9.17, 15) is 4.39 Å². The van der Waals surface area contributed by atoms with Crippen molar-refractivity contribution in [3.63, 3.8) is 0 Å². The molecule has 96 valence electrons. The molecule has 0 bridgehead atoms. The molecule has 0 spiro atoms. The van der Waals surface area contributed by atoms with Crippen LogP contribution in [0.1, 0.15) is 29.8 Å². The molecule has 0 aliphatic heterocycles. The maximum atomic E-state index is 13.3. The van der Waals surface area contributed by atoms with Crippen molar-refractivity contribution in [2.75, 3.05) is 0 Å². The first-order valence-electron chi connectivity index (χ1n) is 5.77. The van der Waals surface area contributed by atoms with E-state index in [0.717, 1.165) is 22.3 Å². The number of nitrogens with zero attached hydrogens (tertiary/aromatic N) is 2. The molecule has 0 amide bonds. The van der Waals surface area contributed by atoms with Crippen LogP contribution in [0.2, 0.25) is 0 Å². The van der Waals surface area contributed by atoms with Gasteiger partial charge >= 0.3 is 0 Å². The molecule has 5 heteroatoms. The van der Waals surface area contributed by atoms with E-state index in [4.69, 9.17) is 5.73 Å². The Kier molecular flexibility index (Phi) is 3.82. The first-order chi connectivity index (χ1) is 8.54. The number of halogens is 2. The van der Waals surface area contributed by atoms with Gasteiger partial charge in [0.1, 0.15) is 5.82 Å². The minimum absolute atomic E-state index is 0.214. The van der Waals surface area contributed by atoms with Crippen LogP contribution in [-0.2, 0) is 6.54 Å². The number of hydrogen-bond acceptors (Lipinski definition) is 2. The highest BCUT2D eigenvalue weighted by atomic mass is 79.9. The van der Waals surface area contributed by atoms with Crippen molar-refractivity contribution in [1.29, 1.82) is 0 Å². The number of nitrogens with two attached hydrogens (primary N) is 1. The van der Waals surface area contributed by atoms with E-state index in [1.807, 2.05) is 11.6 Å². The van der Waals surface area contributed by atoms with Gasteiger partial charge in [-0.3, -0.25) is 4.68 Å². The summed E-state index contributed by atoms with van der Waals surface area (Å²) >= 11 is 3.45. The molecule has 0 aliphatic carbocycles. The Hall–Kier alpha value is -1.20. The Bertz CT molecular complexity index is 565. The van der Waals surface area contributed by atoms with E-state index in [0.29, 0.717) is 5.56 Å². The first-order valence-corrected chi connectivity index (χ1v) is 6.56. The van der Waals surface area contributed by atoms with Gasteiger partial charge in [-0.05, 0) is 47.0 Å². The van der Waals surface area contributed by atoms with E-state index < -0.39 is 0 Å². The standard InChI is InChI=1S/C13H15BrFN3/c1-3-18-13(10(14)7-17-18)12(16)9-4-5-11(15)8(2)6-9/h4-7,12H,3,16H2,1-2H3. The van der Waals surface area contributed by atoms with E-state index >= 15 is 0 Å². The van der Waals surface area contributed by atoms with Gasteiger partial charge in [-0.2, -0.15) is 5.10 Å². The zero-order chi connectivity index (χ0) is 13.3. The van der Waals surface area contributed by atoms with Crippen molar-refractivity contribution >= 4 is 15.9 Å². The predicted molar refractivity (Wildman–Crippen MR) is 72.8 cm³/mol. The highest BCUT2D eigenvalue weighted by Crippen LogP contribution is 2.27. The molecule has 0 saturated carbocycles. The monoisotopic (exact) mass is 311 g/mol. The minimum atomic E-state index is -0.318. The van der Waals surface area contributed by atoms with Gasteiger partial charge in [0.05, 0.1) is 22.4 Å². The van der Waals surface area contributed by atoms with Gasteiger partial charge in [-0.1, -0.05) is 12.1 Å². The van der Waals surface area contributed by atoms with E-state index in [1.54, 1.807) is 25.3 Å². The van der Waals surface area contributed by atoms with Crippen molar-refractivity contribution in [2.24, 2.45) is 5.73 Å². The zero-order valence-electron chi connectivity index (χ0n) is 10.3. The number of aryl methyl sites for hydroxylation is 2. The third kappa shape index (κ3) is 2.33. The Morgan fingerprint density at radius 3 is 2.83 bits per heavy atom. The Morgan fingerprint density at radius 2 is 2.22 bits per heavy atom. The molecule has 0 radical (unpaired) electrons. The van der Waals surface area contributed by atoms with Crippen LogP contribution >= 0.6 is 15.9 Å². The fourth-order valence-corrected chi connectivity index (χ4v) is 2.50.